The Labute approximate surface area is 200 Å². The van der Waals surface area contributed by atoms with Gasteiger partial charge in [0.1, 0.15) is 17.6 Å². The normalized spacial score (nSPS) is 33.3. The number of ether oxygens (including phenoxy) is 5. The topological polar surface area (TPSA) is 86.7 Å². The van der Waals surface area contributed by atoms with Crippen LogP contribution in [0.1, 0.15) is 50.5 Å². The van der Waals surface area contributed by atoms with E-state index in [4.69, 9.17) is 23.7 Å². The van der Waals surface area contributed by atoms with Gasteiger partial charge in [-0.2, -0.15) is 0 Å². The summed E-state index contributed by atoms with van der Waals surface area (Å²) in [6.07, 6.45) is 7.02. The number of benzene rings is 1. The smallest absolute Gasteiger partial charge is 0.415 e. The second-order valence-electron chi connectivity index (χ2n) is 9.64. The van der Waals surface area contributed by atoms with E-state index in [2.05, 4.69) is 6.58 Å². The Bertz CT molecular complexity index is 963. The number of fused-ring (bicyclic) bond motifs is 1. The van der Waals surface area contributed by atoms with Gasteiger partial charge >= 0.3 is 6.09 Å². The first-order valence-electron chi connectivity index (χ1n) is 12.0. The van der Waals surface area contributed by atoms with Crippen molar-refractivity contribution in [1.29, 1.82) is 0 Å². The summed E-state index contributed by atoms with van der Waals surface area (Å²) in [5.74, 6) is 0.647. The lowest BCUT2D eigenvalue weighted by Gasteiger charge is -2.40. The highest BCUT2D eigenvalue weighted by atomic mass is 16.8. The zero-order chi connectivity index (χ0) is 23.9. The van der Waals surface area contributed by atoms with Crippen LogP contribution < -0.4 is 9.47 Å². The number of carbonyl (C=O) groups excluding carboxylic acids is 1. The van der Waals surface area contributed by atoms with E-state index >= 15 is 0 Å². The van der Waals surface area contributed by atoms with Crippen molar-refractivity contribution in [3.05, 3.63) is 48.2 Å². The van der Waals surface area contributed by atoms with E-state index in [0.717, 1.165) is 31.2 Å². The minimum atomic E-state index is -1.00. The number of nitrogens with zero attached hydrogens (tertiary/aromatic N) is 1. The zero-order valence-electron chi connectivity index (χ0n) is 19.8. The second kappa shape index (κ2) is 8.91. The van der Waals surface area contributed by atoms with Gasteiger partial charge in [-0.05, 0) is 36.6 Å². The predicted octanol–water partition coefficient (Wildman–Crippen LogP) is 4.06. The molecule has 0 bridgehead atoms. The van der Waals surface area contributed by atoms with Gasteiger partial charge in [-0.15, -0.1) is 0 Å². The molecule has 1 unspecified atom stereocenters. The quantitative estimate of drug-likeness (QED) is 0.693. The van der Waals surface area contributed by atoms with E-state index in [1.807, 2.05) is 12.1 Å². The summed E-state index contributed by atoms with van der Waals surface area (Å²) in [5, 5.41) is 11.1. The van der Waals surface area contributed by atoms with Crippen molar-refractivity contribution in [3.8, 4) is 11.5 Å². The Morgan fingerprint density at radius 3 is 2.47 bits per heavy atom. The SMILES string of the molecule is C=C/C=C1\N(Cc2cc(OC)cc(OC)c2)C(=O)O[C@@]12CC(O)[C@@H]1OC3(CCCCC3)O[C@@H]1C2. The summed E-state index contributed by atoms with van der Waals surface area (Å²) in [5.41, 5.74) is 0.495. The second-order valence-corrected chi connectivity index (χ2v) is 9.64. The average molecular weight is 472 g/mol. The van der Waals surface area contributed by atoms with E-state index < -0.39 is 29.7 Å². The number of aliphatic hydroxyl groups is 1. The van der Waals surface area contributed by atoms with E-state index in [9.17, 15) is 9.90 Å². The molecule has 2 aliphatic carbocycles. The summed E-state index contributed by atoms with van der Waals surface area (Å²) in [7, 11) is 3.17. The Morgan fingerprint density at radius 1 is 1.12 bits per heavy atom. The Morgan fingerprint density at radius 2 is 1.82 bits per heavy atom. The maximum Gasteiger partial charge on any atom is 0.415 e. The molecule has 8 nitrogen and oxygen atoms in total. The fourth-order valence-corrected chi connectivity index (χ4v) is 5.92. The highest BCUT2D eigenvalue weighted by Crippen LogP contribution is 2.52. The molecule has 4 atom stereocenters. The molecule has 2 heterocycles. The number of methoxy groups -OCH3 is 2. The monoisotopic (exact) mass is 471 g/mol. The molecule has 0 aromatic heterocycles. The standard InChI is InChI=1S/C26H33NO7/c1-4-8-22-25(14-20(28)23-21(15-25)32-26(33-23)9-6-5-7-10-26)34-24(29)27(22)16-17-11-18(30-2)13-19(12-17)31-3/h4,8,11-13,20-21,23,28H,1,5-7,9-10,14-16H2,2-3H3/b22-8-/t20?,21-,23+,25-/m1/s1. The Kier molecular flexibility index (Phi) is 6.08. The molecule has 8 heteroatoms. The Hall–Kier alpha value is -2.55. The van der Waals surface area contributed by atoms with E-state index in [0.29, 0.717) is 23.6 Å². The molecule has 1 aromatic rings. The van der Waals surface area contributed by atoms with Crippen LogP contribution in [0.4, 0.5) is 4.79 Å². The first-order chi connectivity index (χ1) is 16.4. The van der Waals surface area contributed by atoms with Crippen molar-refractivity contribution in [2.75, 3.05) is 14.2 Å². The molecule has 1 amide bonds. The molecule has 5 rings (SSSR count). The summed E-state index contributed by atoms with van der Waals surface area (Å²) in [6.45, 7) is 4.11. The molecular weight excluding hydrogens is 438 g/mol. The summed E-state index contributed by atoms with van der Waals surface area (Å²) in [4.78, 5) is 14.7. The van der Waals surface area contributed by atoms with E-state index in [-0.39, 0.29) is 19.1 Å². The highest BCUT2D eigenvalue weighted by molar-refractivity contribution is 5.75. The van der Waals surface area contributed by atoms with Crippen LogP contribution >= 0.6 is 0 Å². The van der Waals surface area contributed by atoms with Crippen LogP contribution in [0.2, 0.25) is 0 Å². The molecule has 1 N–H and O–H groups in total. The van der Waals surface area contributed by atoms with Gasteiger partial charge in [-0.1, -0.05) is 19.1 Å². The molecule has 4 aliphatic rings. The maximum atomic E-state index is 13.2. The van der Waals surface area contributed by atoms with Gasteiger partial charge in [0.25, 0.3) is 0 Å². The lowest BCUT2D eigenvalue weighted by Crippen LogP contribution is -2.52. The molecule has 2 spiro atoms. The number of allylic oxidation sites excluding steroid dienone is 2. The van der Waals surface area contributed by atoms with Crippen molar-refractivity contribution < 1.29 is 33.6 Å². The van der Waals surface area contributed by atoms with Gasteiger partial charge < -0.3 is 28.8 Å². The summed E-state index contributed by atoms with van der Waals surface area (Å²) < 4.78 is 29.5. The minimum absolute atomic E-state index is 0.247. The van der Waals surface area contributed by atoms with Gasteiger partial charge in [-0.25, -0.2) is 4.79 Å². The number of rotatable bonds is 5. The number of hydrogen-bond donors (Lipinski definition) is 1. The van der Waals surface area contributed by atoms with Crippen LogP contribution in [0.3, 0.4) is 0 Å². The molecule has 4 fully saturated rings. The Balaban J connectivity index is 1.42. The summed E-state index contributed by atoms with van der Waals surface area (Å²) >= 11 is 0. The van der Waals surface area contributed by atoms with Crippen LogP contribution in [0.15, 0.2) is 42.6 Å². The van der Waals surface area contributed by atoms with Crippen molar-refractivity contribution in [3.63, 3.8) is 0 Å². The molecule has 184 valence electrons. The van der Waals surface area contributed by atoms with Crippen molar-refractivity contribution in [2.24, 2.45) is 0 Å². The first kappa shape index (κ1) is 23.2. The van der Waals surface area contributed by atoms with Crippen LogP contribution in [-0.4, -0.2) is 60.0 Å². The highest BCUT2D eigenvalue weighted by Gasteiger charge is 2.62. The molecule has 0 radical (unpaired) electrons. The number of carbonyl (C=O) groups is 1. The van der Waals surface area contributed by atoms with Gasteiger partial charge in [-0.3, -0.25) is 4.90 Å². The zero-order valence-corrected chi connectivity index (χ0v) is 19.8. The molecule has 1 aromatic carbocycles. The lowest BCUT2D eigenvalue weighted by molar-refractivity contribution is -0.198. The first-order valence-corrected chi connectivity index (χ1v) is 12.0. The third-order valence-electron chi connectivity index (χ3n) is 7.44. The maximum absolute atomic E-state index is 13.2. The number of amides is 1. The number of aliphatic hydroxyl groups excluding tert-OH is 1. The molecule has 2 saturated carbocycles. The lowest BCUT2D eigenvalue weighted by atomic mass is 9.77. The van der Waals surface area contributed by atoms with Crippen LogP contribution in [-0.2, 0) is 20.8 Å². The van der Waals surface area contributed by atoms with Crippen molar-refractivity contribution in [2.45, 2.75) is 81.2 Å². The number of hydrogen-bond acceptors (Lipinski definition) is 7. The third-order valence-corrected chi connectivity index (χ3v) is 7.44. The molecule has 2 aliphatic heterocycles. The molecule has 34 heavy (non-hydrogen) atoms. The van der Waals surface area contributed by atoms with Crippen LogP contribution in [0.5, 0.6) is 11.5 Å². The largest absolute Gasteiger partial charge is 0.497 e. The van der Waals surface area contributed by atoms with Gasteiger partial charge in [0.05, 0.1) is 38.7 Å². The van der Waals surface area contributed by atoms with Crippen LogP contribution in [0.25, 0.3) is 0 Å². The molecular formula is C26H33NO7. The fraction of sp³-hybridized carbons (Fsp3) is 0.577. The van der Waals surface area contributed by atoms with Gasteiger partial charge in [0.2, 0.25) is 0 Å². The molecule has 2 saturated heterocycles. The minimum Gasteiger partial charge on any atom is -0.497 e. The van der Waals surface area contributed by atoms with Gasteiger partial charge in [0.15, 0.2) is 11.4 Å². The fourth-order valence-electron chi connectivity index (χ4n) is 5.92. The average Bonchev–Trinajstić information content (AvgIpc) is 3.29. The summed E-state index contributed by atoms with van der Waals surface area (Å²) in [6, 6.07) is 5.50. The van der Waals surface area contributed by atoms with E-state index in [1.165, 1.54) is 6.42 Å². The van der Waals surface area contributed by atoms with Crippen molar-refractivity contribution in [1.82, 2.24) is 4.90 Å². The third kappa shape index (κ3) is 3.97. The van der Waals surface area contributed by atoms with Crippen molar-refractivity contribution >= 4 is 6.09 Å². The van der Waals surface area contributed by atoms with Crippen LogP contribution in [0, 0.1) is 0 Å². The predicted molar refractivity (Wildman–Crippen MR) is 123 cm³/mol. The van der Waals surface area contributed by atoms with E-state index in [1.54, 1.807) is 37.3 Å². The van der Waals surface area contributed by atoms with Gasteiger partial charge in [0, 0.05) is 31.7 Å².